The van der Waals surface area contributed by atoms with Crippen molar-refractivity contribution in [2.45, 2.75) is 52.2 Å². The van der Waals surface area contributed by atoms with Crippen LogP contribution in [0.1, 0.15) is 39.7 Å². The molecule has 3 N–H and O–H groups in total. The highest BCUT2D eigenvalue weighted by molar-refractivity contribution is 5.79. The minimum absolute atomic E-state index is 0.145. The second-order valence-electron chi connectivity index (χ2n) is 5.76. The van der Waals surface area contributed by atoms with E-state index in [2.05, 4.69) is 34.8 Å². The Labute approximate surface area is 151 Å². The fourth-order valence-electron chi connectivity index (χ4n) is 2.19. The molecule has 0 fully saturated rings. The summed E-state index contributed by atoms with van der Waals surface area (Å²) in [5.41, 5.74) is 3.26. The number of aryl methyl sites for hydroxylation is 1. The molecule has 1 rings (SSSR count). The fourth-order valence-corrected chi connectivity index (χ4v) is 2.19. The number of carbonyl (C=O) groups excluding carboxylic acids is 1. The molecule has 0 aliphatic carbocycles. The predicted octanol–water partition coefficient (Wildman–Crippen LogP) is 2.72. The normalized spacial score (nSPS) is 11.6. The van der Waals surface area contributed by atoms with E-state index < -0.39 is 5.54 Å². The van der Waals surface area contributed by atoms with Gasteiger partial charge in [0.15, 0.2) is 0 Å². The number of rotatable bonds is 10. The summed E-state index contributed by atoms with van der Waals surface area (Å²) >= 11 is 0. The van der Waals surface area contributed by atoms with Crippen molar-refractivity contribution in [2.24, 2.45) is 0 Å². The summed E-state index contributed by atoms with van der Waals surface area (Å²) in [4.78, 5) is 16.7. The van der Waals surface area contributed by atoms with Crippen LogP contribution in [0.15, 0.2) is 42.7 Å². The average molecular weight is 351 g/mol. The summed E-state index contributed by atoms with van der Waals surface area (Å²) in [6.07, 6.45) is 1.52. The quantitative estimate of drug-likeness (QED) is 0.342. The first-order chi connectivity index (χ1) is 11.9. The van der Waals surface area contributed by atoms with Crippen LogP contribution in [0.4, 0.5) is 0 Å². The number of hydrogen-bond acceptors (Lipinski definition) is 6. The van der Waals surface area contributed by atoms with Crippen molar-refractivity contribution in [1.82, 2.24) is 16.1 Å². The van der Waals surface area contributed by atoms with Crippen molar-refractivity contribution in [1.29, 1.82) is 0 Å². The summed E-state index contributed by atoms with van der Waals surface area (Å²) in [5.74, 6) is 0.156. The SMILES string of the molecule is C=C(NC(CCc1ccccc1)NOC)NC(C)(C)C(=O)OC.CC. The van der Waals surface area contributed by atoms with Crippen LogP contribution in [0.5, 0.6) is 0 Å². The molecule has 1 aromatic rings. The van der Waals surface area contributed by atoms with Gasteiger partial charge in [0.1, 0.15) is 11.7 Å². The maximum atomic E-state index is 11.7. The maximum absolute atomic E-state index is 11.7. The topological polar surface area (TPSA) is 71.6 Å². The maximum Gasteiger partial charge on any atom is 0.330 e. The molecule has 0 amide bonds. The van der Waals surface area contributed by atoms with Crippen LogP contribution in [-0.4, -0.2) is 31.9 Å². The van der Waals surface area contributed by atoms with Gasteiger partial charge in [0, 0.05) is 0 Å². The summed E-state index contributed by atoms with van der Waals surface area (Å²) < 4.78 is 4.76. The lowest BCUT2D eigenvalue weighted by Gasteiger charge is -2.29. The number of methoxy groups -OCH3 is 1. The van der Waals surface area contributed by atoms with Gasteiger partial charge in [-0.25, -0.2) is 4.79 Å². The Balaban J connectivity index is 0.00000277. The molecule has 142 valence electrons. The van der Waals surface area contributed by atoms with Crippen molar-refractivity contribution >= 4 is 5.97 Å². The van der Waals surface area contributed by atoms with Crippen LogP contribution in [0, 0.1) is 0 Å². The Bertz CT molecular complexity index is 504. The largest absolute Gasteiger partial charge is 0.467 e. The van der Waals surface area contributed by atoms with Gasteiger partial charge in [0.2, 0.25) is 0 Å². The van der Waals surface area contributed by atoms with Crippen LogP contribution < -0.4 is 16.1 Å². The van der Waals surface area contributed by atoms with Crippen LogP contribution >= 0.6 is 0 Å². The molecule has 6 nitrogen and oxygen atoms in total. The van der Waals surface area contributed by atoms with Gasteiger partial charge in [0.05, 0.1) is 20.0 Å². The van der Waals surface area contributed by atoms with Gasteiger partial charge in [-0.3, -0.25) is 0 Å². The third kappa shape index (κ3) is 9.12. The molecule has 1 unspecified atom stereocenters. The number of ether oxygens (including phenoxy) is 1. The second kappa shape index (κ2) is 12.3. The highest BCUT2D eigenvalue weighted by Gasteiger charge is 2.29. The summed E-state index contributed by atoms with van der Waals surface area (Å²) in [7, 11) is 2.92. The van der Waals surface area contributed by atoms with Crippen molar-refractivity contribution in [3.8, 4) is 0 Å². The summed E-state index contributed by atoms with van der Waals surface area (Å²) in [6, 6.07) is 10.2. The number of hydrogen-bond donors (Lipinski definition) is 3. The Hall–Kier alpha value is -2.05. The Morgan fingerprint density at radius 1 is 1.20 bits per heavy atom. The van der Waals surface area contributed by atoms with Gasteiger partial charge < -0.3 is 20.2 Å². The monoisotopic (exact) mass is 351 g/mol. The number of esters is 1. The van der Waals surface area contributed by atoms with Crippen LogP contribution in [0.2, 0.25) is 0 Å². The van der Waals surface area contributed by atoms with Crippen molar-refractivity contribution in [3.05, 3.63) is 48.3 Å². The smallest absolute Gasteiger partial charge is 0.330 e. The highest BCUT2D eigenvalue weighted by Crippen LogP contribution is 2.08. The molecule has 0 saturated carbocycles. The molecular formula is C19H33N3O3. The minimum Gasteiger partial charge on any atom is -0.467 e. The molecule has 0 radical (unpaired) electrons. The Morgan fingerprint density at radius 2 is 1.80 bits per heavy atom. The van der Waals surface area contributed by atoms with E-state index >= 15 is 0 Å². The summed E-state index contributed by atoms with van der Waals surface area (Å²) in [6.45, 7) is 11.4. The number of benzene rings is 1. The van der Waals surface area contributed by atoms with Crippen molar-refractivity contribution in [2.75, 3.05) is 14.2 Å². The van der Waals surface area contributed by atoms with E-state index in [1.54, 1.807) is 21.0 Å². The Kier molecular flexibility index (Phi) is 11.3. The van der Waals surface area contributed by atoms with Gasteiger partial charge in [0.25, 0.3) is 0 Å². The van der Waals surface area contributed by atoms with Crippen molar-refractivity contribution in [3.63, 3.8) is 0 Å². The molecule has 1 atom stereocenters. The molecule has 1 aromatic carbocycles. The molecule has 0 aromatic heterocycles. The van der Waals surface area contributed by atoms with E-state index in [4.69, 9.17) is 9.57 Å². The zero-order chi connectivity index (χ0) is 19.3. The van der Waals surface area contributed by atoms with Crippen LogP contribution in [-0.2, 0) is 20.8 Å². The van der Waals surface area contributed by atoms with Gasteiger partial charge in [-0.05, 0) is 32.3 Å². The minimum atomic E-state index is -0.865. The lowest BCUT2D eigenvalue weighted by molar-refractivity contribution is -0.146. The molecule has 6 heteroatoms. The third-order valence-electron chi connectivity index (χ3n) is 3.33. The zero-order valence-electron chi connectivity index (χ0n) is 16.3. The first-order valence-electron chi connectivity index (χ1n) is 8.53. The average Bonchev–Trinajstić information content (AvgIpc) is 2.61. The molecule has 0 spiro atoms. The standard InChI is InChI=1S/C17H27N3O3.C2H6/c1-13(19-17(2,3)16(21)22-4)18-15(20-23-5)12-11-14-9-7-6-8-10-14;1-2/h6-10,15,18-20H,1,11-12H2,2-5H3;1-2H3. The molecule has 0 bridgehead atoms. The second-order valence-corrected chi connectivity index (χ2v) is 5.76. The highest BCUT2D eigenvalue weighted by atomic mass is 16.6. The van der Waals surface area contributed by atoms with Gasteiger partial charge in [-0.1, -0.05) is 50.8 Å². The molecule has 0 aliphatic rings. The Morgan fingerprint density at radius 3 is 2.32 bits per heavy atom. The third-order valence-corrected chi connectivity index (χ3v) is 3.33. The molecule has 0 saturated heterocycles. The number of carbonyl (C=O) groups is 1. The van der Waals surface area contributed by atoms with Gasteiger partial charge in [-0.2, -0.15) is 5.48 Å². The van der Waals surface area contributed by atoms with Crippen LogP contribution in [0.25, 0.3) is 0 Å². The van der Waals surface area contributed by atoms with E-state index in [-0.39, 0.29) is 12.1 Å². The molecule has 25 heavy (non-hydrogen) atoms. The first-order valence-corrected chi connectivity index (χ1v) is 8.53. The number of hydroxylamine groups is 1. The fraction of sp³-hybridized carbons (Fsp3) is 0.526. The van der Waals surface area contributed by atoms with Crippen molar-refractivity contribution < 1.29 is 14.4 Å². The van der Waals surface area contributed by atoms with Gasteiger partial charge >= 0.3 is 5.97 Å². The van der Waals surface area contributed by atoms with E-state index in [1.807, 2.05) is 32.0 Å². The molecule has 0 aliphatic heterocycles. The first kappa shape index (κ1) is 22.9. The van der Waals surface area contributed by atoms with E-state index in [0.717, 1.165) is 12.8 Å². The zero-order valence-corrected chi connectivity index (χ0v) is 16.3. The number of nitrogens with one attached hydrogen (secondary N) is 3. The van der Waals surface area contributed by atoms with Gasteiger partial charge in [-0.15, -0.1) is 0 Å². The molecule has 0 heterocycles. The van der Waals surface area contributed by atoms with E-state index in [1.165, 1.54) is 12.7 Å². The summed E-state index contributed by atoms with van der Waals surface area (Å²) in [5, 5.41) is 6.19. The lowest BCUT2D eigenvalue weighted by atomic mass is 10.1. The van der Waals surface area contributed by atoms with Crippen LogP contribution in [0.3, 0.4) is 0 Å². The van der Waals surface area contributed by atoms with E-state index in [0.29, 0.717) is 5.82 Å². The predicted molar refractivity (Wildman–Crippen MR) is 102 cm³/mol. The van der Waals surface area contributed by atoms with E-state index in [9.17, 15) is 4.79 Å². The lowest BCUT2D eigenvalue weighted by Crippen LogP contribution is -2.52. The molecular weight excluding hydrogens is 318 g/mol.